The lowest BCUT2D eigenvalue weighted by Crippen LogP contribution is -2.29. The van der Waals surface area contributed by atoms with E-state index in [1.165, 1.54) is 37.7 Å². The topological polar surface area (TPSA) is 57.3 Å². The van der Waals surface area contributed by atoms with Gasteiger partial charge in [-0.05, 0) is 62.1 Å². The van der Waals surface area contributed by atoms with Crippen LogP contribution < -0.4 is 15.5 Å². The van der Waals surface area contributed by atoms with Gasteiger partial charge in [-0.15, -0.1) is 0 Å². The van der Waals surface area contributed by atoms with Crippen LogP contribution in [0.3, 0.4) is 0 Å². The van der Waals surface area contributed by atoms with E-state index in [1.54, 1.807) is 6.20 Å². The fourth-order valence-electron chi connectivity index (χ4n) is 4.40. The number of likely N-dealkylation sites (N-methyl/N-ethyl adjacent to an activating group) is 1. The van der Waals surface area contributed by atoms with Gasteiger partial charge in [0.15, 0.2) is 0 Å². The Balaban J connectivity index is 0.00000240. The van der Waals surface area contributed by atoms with E-state index in [0.29, 0.717) is 17.5 Å². The third-order valence-corrected chi connectivity index (χ3v) is 6.18. The minimum atomic E-state index is -0.0823. The number of nitrogens with one attached hydrogen (secondary N) is 2. The molecule has 0 radical (unpaired) electrons. The minimum absolute atomic E-state index is 0. The average molecular weight is 381 g/mol. The molecule has 5 nitrogen and oxygen atoms in total. The molecule has 0 bridgehead atoms. The van der Waals surface area contributed by atoms with Crippen molar-refractivity contribution in [2.24, 2.45) is 0 Å². The fourth-order valence-corrected chi connectivity index (χ4v) is 4.40. The Morgan fingerprint density at radius 1 is 1.07 bits per heavy atom. The van der Waals surface area contributed by atoms with Gasteiger partial charge < -0.3 is 15.5 Å². The van der Waals surface area contributed by atoms with E-state index in [9.17, 15) is 4.79 Å². The summed E-state index contributed by atoms with van der Waals surface area (Å²) in [6, 6.07) is 12.6. The van der Waals surface area contributed by atoms with Crippen LogP contribution in [-0.2, 0) is 0 Å². The Morgan fingerprint density at radius 3 is 2.50 bits per heavy atom. The molecule has 0 spiro atoms. The van der Waals surface area contributed by atoms with E-state index in [2.05, 4.69) is 32.7 Å². The molecule has 4 rings (SSSR count). The van der Waals surface area contributed by atoms with Gasteiger partial charge in [0.25, 0.3) is 5.91 Å². The van der Waals surface area contributed by atoms with Gasteiger partial charge in [0.05, 0.1) is 11.9 Å². The highest BCUT2D eigenvalue weighted by Crippen LogP contribution is 2.32. The molecule has 1 aromatic carbocycles. The van der Waals surface area contributed by atoms with Gasteiger partial charge in [0.2, 0.25) is 0 Å². The Bertz CT molecular complexity index is 788. The van der Waals surface area contributed by atoms with Gasteiger partial charge in [0.1, 0.15) is 5.82 Å². The molecule has 2 fully saturated rings. The molecule has 2 aromatic rings. The number of aromatic nitrogens is 1. The summed E-state index contributed by atoms with van der Waals surface area (Å²) in [5.41, 5.74) is 2.79. The molecule has 150 valence electrons. The summed E-state index contributed by atoms with van der Waals surface area (Å²) in [5, 5.41) is 6.28. The third-order valence-electron chi connectivity index (χ3n) is 6.18. The maximum absolute atomic E-state index is 12.6. The van der Waals surface area contributed by atoms with Crippen LogP contribution in [0, 0.1) is 0 Å². The zero-order chi connectivity index (χ0) is 19.3. The summed E-state index contributed by atoms with van der Waals surface area (Å²) in [4.78, 5) is 19.4. The van der Waals surface area contributed by atoms with Gasteiger partial charge in [-0.1, -0.05) is 31.4 Å². The molecule has 1 atom stereocenters. The highest BCUT2D eigenvalue weighted by atomic mass is 16.1. The number of hydrogen-bond acceptors (Lipinski definition) is 4. The monoisotopic (exact) mass is 380 g/mol. The van der Waals surface area contributed by atoms with Gasteiger partial charge >= 0.3 is 0 Å². The SMILES string of the molecule is CNC1CCN(c2ccc(NC(=O)c3ccc(C4CCCCC4)cc3)cn2)C1.[HH]. The second-order valence-electron chi connectivity index (χ2n) is 8.04. The lowest BCUT2D eigenvalue weighted by atomic mass is 9.84. The first-order valence-electron chi connectivity index (χ1n) is 10.5. The van der Waals surface area contributed by atoms with Crippen LogP contribution in [0.1, 0.15) is 61.8 Å². The zero-order valence-corrected chi connectivity index (χ0v) is 16.7. The molecule has 1 saturated carbocycles. The number of carbonyl (C=O) groups is 1. The first-order chi connectivity index (χ1) is 13.7. The first kappa shape index (κ1) is 18.9. The molecule has 1 aliphatic carbocycles. The molecule has 1 aromatic heterocycles. The number of nitrogens with zero attached hydrogens (tertiary/aromatic N) is 2. The van der Waals surface area contributed by atoms with Crippen molar-refractivity contribution in [3.05, 3.63) is 53.7 Å². The Kier molecular flexibility index (Phi) is 5.91. The quantitative estimate of drug-likeness (QED) is 0.806. The van der Waals surface area contributed by atoms with E-state index < -0.39 is 0 Å². The van der Waals surface area contributed by atoms with E-state index in [0.717, 1.165) is 31.0 Å². The number of rotatable bonds is 5. The lowest BCUT2D eigenvalue weighted by Gasteiger charge is -2.22. The van der Waals surface area contributed by atoms with Crippen LogP contribution in [0.15, 0.2) is 42.6 Å². The minimum Gasteiger partial charge on any atom is -0.355 e. The largest absolute Gasteiger partial charge is 0.355 e. The van der Waals surface area contributed by atoms with Crippen molar-refractivity contribution in [3.8, 4) is 0 Å². The van der Waals surface area contributed by atoms with E-state index in [-0.39, 0.29) is 7.33 Å². The number of amides is 1. The van der Waals surface area contributed by atoms with Crippen LogP contribution in [-0.4, -0.2) is 37.1 Å². The lowest BCUT2D eigenvalue weighted by molar-refractivity contribution is 0.102. The van der Waals surface area contributed by atoms with Crippen molar-refractivity contribution < 1.29 is 6.22 Å². The van der Waals surface area contributed by atoms with Crippen molar-refractivity contribution in [1.82, 2.24) is 10.3 Å². The molecule has 28 heavy (non-hydrogen) atoms. The first-order valence-corrected chi connectivity index (χ1v) is 10.5. The van der Waals surface area contributed by atoms with Gasteiger partial charge in [-0.2, -0.15) is 0 Å². The second-order valence-corrected chi connectivity index (χ2v) is 8.04. The number of hydrogen-bond donors (Lipinski definition) is 2. The fraction of sp³-hybridized carbons (Fsp3) is 0.478. The number of anilines is 2. The van der Waals surface area contributed by atoms with Crippen LogP contribution in [0.4, 0.5) is 11.5 Å². The van der Waals surface area contributed by atoms with Crippen LogP contribution in [0.5, 0.6) is 0 Å². The summed E-state index contributed by atoms with van der Waals surface area (Å²) < 4.78 is 0. The molecule has 5 heteroatoms. The van der Waals surface area contributed by atoms with Crippen molar-refractivity contribution in [2.75, 3.05) is 30.4 Å². The van der Waals surface area contributed by atoms with Gasteiger partial charge in [-0.25, -0.2) is 4.98 Å². The number of benzene rings is 1. The molecule has 2 heterocycles. The summed E-state index contributed by atoms with van der Waals surface area (Å²) in [6.07, 6.45) is 9.43. The van der Waals surface area contributed by atoms with Crippen molar-refractivity contribution in [3.63, 3.8) is 0 Å². The average Bonchev–Trinajstić information content (AvgIpc) is 3.24. The third kappa shape index (κ3) is 4.36. The van der Waals surface area contributed by atoms with E-state index in [4.69, 9.17) is 0 Å². The molecule has 1 saturated heterocycles. The highest BCUT2D eigenvalue weighted by Gasteiger charge is 2.22. The van der Waals surface area contributed by atoms with Crippen LogP contribution >= 0.6 is 0 Å². The number of carbonyl (C=O) groups excluding carboxylic acids is 1. The van der Waals surface area contributed by atoms with Gasteiger partial charge in [0, 0.05) is 26.1 Å². The van der Waals surface area contributed by atoms with Crippen molar-refractivity contribution in [2.45, 2.75) is 50.5 Å². The smallest absolute Gasteiger partial charge is 0.255 e. The molecular formula is C23H32N4O. The molecule has 2 N–H and O–H groups in total. The zero-order valence-electron chi connectivity index (χ0n) is 16.7. The van der Waals surface area contributed by atoms with E-state index >= 15 is 0 Å². The molecule has 1 unspecified atom stereocenters. The maximum atomic E-state index is 12.6. The van der Waals surface area contributed by atoms with Crippen LogP contribution in [0.2, 0.25) is 0 Å². The van der Waals surface area contributed by atoms with Crippen molar-refractivity contribution in [1.29, 1.82) is 0 Å². The summed E-state index contributed by atoms with van der Waals surface area (Å²) in [7, 11) is 2.00. The summed E-state index contributed by atoms with van der Waals surface area (Å²) in [5.74, 6) is 1.55. The maximum Gasteiger partial charge on any atom is 0.255 e. The molecule has 1 amide bonds. The molecule has 2 aliphatic rings. The van der Waals surface area contributed by atoms with Gasteiger partial charge in [-0.3, -0.25) is 4.79 Å². The predicted octanol–water partition coefficient (Wildman–Crippen LogP) is 4.43. The Morgan fingerprint density at radius 2 is 1.86 bits per heavy atom. The number of pyridine rings is 1. The Hall–Kier alpha value is -2.40. The molecule has 1 aliphatic heterocycles. The Labute approximate surface area is 169 Å². The normalized spacial score (nSPS) is 20.3. The van der Waals surface area contributed by atoms with E-state index in [1.807, 2.05) is 31.3 Å². The molecular weight excluding hydrogens is 348 g/mol. The summed E-state index contributed by atoms with van der Waals surface area (Å²) >= 11 is 0. The summed E-state index contributed by atoms with van der Waals surface area (Å²) in [6.45, 7) is 1.99. The second kappa shape index (κ2) is 8.74. The highest BCUT2D eigenvalue weighted by molar-refractivity contribution is 6.04. The van der Waals surface area contributed by atoms with Crippen LogP contribution in [0.25, 0.3) is 0 Å². The standard InChI is InChI=1S/C23H30N4O.H2/c1-24-21-13-14-27(16-21)22-12-11-20(15-25-22)26-23(28)19-9-7-18(8-10-19)17-5-3-2-4-6-17;/h7-12,15,17,21,24H,2-6,13-14,16H2,1H3,(H,26,28);1H. The predicted molar refractivity (Wildman–Crippen MR) is 116 cm³/mol. The van der Waals surface area contributed by atoms with Crippen molar-refractivity contribution >= 4 is 17.4 Å².